The number of carbonyl (C=O) groups excluding carboxylic acids is 1. The van der Waals surface area contributed by atoms with Crippen LogP contribution in [-0.2, 0) is 4.79 Å². The molecule has 0 spiro atoms. The Kier molecular flexibility index (Phi) is 6.83. The van der Waals surface area contributed by atoms with E-state index in [1.54, 1.807) is 13.0 Å². The van der Waals surface area contributed by atoms with Crippen molar-refractivity contribution in [3.8, 4) is 17.6 Å². The van der Waals surface area contributed by atoms with Crippen molar-refractivity contribution in [3.63, 3.8) is 0 Å². The molecule has 0 bridgehead atoms. The number of hydrogen-bond acceptors (Lipinski definition) is 4. The number of halogens is 3. The van der Waals surface area contributed by atoms with Gasteiger partial charge in [-0.25, -0.2) is 4.39 Å². The molecule has 0 radical (unpaired) electrons. The van der Waals surface area contributed by atoms with E-state index in [1.807, 2.05) is 0 Å². The van der Waals surface area contributed by atoms with Crippen LogP contribution in [0.25, 0.3) is 6.08 Å². The number of carbonyl (C=O) groups is 1. The average molecular weight is 376 g/mol. The number of rotatable bonds is 7. The van der Waals surface area contributed by atoms with Gasteiger partial charge in [0, 0.05) is 11.3 Å². The Balaban J connectivity index is 2.35. The Morgan fingerprint density at radius 1 is 1.26 bits per heavy atom. The fourth-order valence-electron chi connectivity index (χ4n) is 2.17. The fourth-order valence-corrected chi connectivity index (χ4v) is 2.17. The third-order valence-corrected chi connectivity index (χ3v) is 3.28. The summed E-state index contributed by atoms with van der Waals surface area (Å²) in [5, 5.41) is 11.7. The molecule has 0 atom stereocenters. The second-order valence-corrected chi connectivity index (χ2v) is 5.12. The number of hydrogen-bond donors (Lipinski definition) is 1. The minimum atomic E-state index is -3.11. The number of ether oxygens (including phenoxy) is 2. The molecule has 0 saturated carbocycles. The van der Waals surface area contributed by atoms with Gasteiger partial charge in [0.1, 0.15) is 17.5 Å². The minimum absolute atomic E-state index is 0.0581. The van der Waals surface area contributed by atoms with Crippen molar-refractivity contribution in [3.05, 3.63) is 59.4 Å². The van der Waals surface area contributed by atoms with E-state index in [4.69, 9.17) is 4.74 Å². The number of nitriles is 1. The van der Waals surface area contributed by atoms with Crippen molar-refractivity contribution in [1.82, 2.24) is 0 Å². The molecule has 0 aliphatic heterocycles. The van der Waals surface area contributed by atoms with Gasteiger partial charge in [-0.1, -0.05) is 12.1 Å². The minimum Gasteiger partial charge on any atom is -0.490 e. The van der Waals surface area contributed by atoms with Gasteiger partial charge in [-0.3, -0.25) is 4.79 Å². The fraction of sp³-hybridized carbons (Fsp3) is 0.158. The average Bonchev–Trinajstić information content (AvgIpc) is 2.63. The van der Waals surface area contributed by atoms with Crippen molar-refractivity contribution >= 4 is 17.7 Å². The molecule has 0 aliphatic rings. The Bertz CT molecular complexity index is 875. The van der Waals surface area contributed by atoms with Crippen LogP contribution in [0.5, 0.6) is 11.5 Å². The lowest BCUT2D eigenvalue weighted by atomic mass is 10.1. The first-order chi connectivity index (χ1) is 12.9. The highest BCUT2D eigenvalue weighted by molar-refractivity contribution is 6.09. The monoisotopic (exact) mass is 376 g/mol. The van der Waals surface area contributed by atoms with E-state index in [1.165, 1.54) is 30.3 Å². The second-order valence-electron chi connectivity index (χ2n) is 5.12. The number of benzene rings is 2. The topological polar surface area (TPSA) is 71.3 Å². The molecule has 2 rings (SSSR count). The summed E-state index contributed by atoms with van der Waals surface area (Å²) in [4.78, 5) is 12.3. The lowest BCUT2D eigenvalue weighted by Crippen LogP contribution is -2.13. The van der Waals surface area contributed by atoms with Crippen LogP contribution >= 0.6 is 0 Å². The Morgan fingerprint density at radius 3 is 2.56 bits per heavy atom. The standard InChI is InChI=1S/C19H15F3N2O3/c1-2-26-16-5-3-4-12(17(16)27-19(21)22)10-13(11-23)18(25)24-15-8-6-14(20)7-9-15/h3-10,19H,2H2,1H3,(H,24,25)/b13-10+. The van der Waals surface area contributed by atoms with Crippen LogP contribution in [0.4, 0.5) is 18.9 Å². The summed E-state index contributed by atoms with van der Waals surface area (Å²) < 4.78 is 48.2. The molecule has 27 heavy (non-hydrogen) atoms. The highest BCUT2D eigenvalue weighted by atomic mass is 19.3. The predicted octanol–water partition coefficient (Wildman–Crippen LogP) is 4.37. The Morgan fingerprint density at radius 2 is 1.96 bits per heavy atom. The van der Waals surface area contributed by atoms with Crippen molar-refractivity contribution in [2.24, 2.45) is 0 Å². The van der Waals surface area contributed by atoms with Crippen LogP contribution in [0.15, 0.2) is 48.0 Å². The van der Waals surface area contributed by atoms with Gasteiger partial charge in [0.2, 0.25) is 0 Å². The molecule has 0 aromatic heterocycles. The summed E-state index contributed by atoms with van der Waals surface area (Å²) in [5.41, 5.74) is -0.00573. The molecular formula is C19H15F3N2O3. The first kappa shape index (κ1) is 19.8. The quantitative estimate of drug-likeness (QED) is 0.575. The smallest absolute Gasteiger partial charge is 0.387 e. The van der Waals surface area contributed by atoms with E-state index in [-0.39, 0.29) is 34.9 Å². The summed E-state index contributed by atoms with van der Waals surface area (Å²) >= 11 is 0. The third kappa shape index (κ3) is 5.51. The number of anilines is 1. The maximum absolute atomic E-state index is 12.9. The van der Waals surface area contributed by atoms with Gasteiger partial charge in [0.15, 0.2) is 11.5 Å². The molecule has 2 aromatic rings. The van der Waals surface area contributed by atoms with E-state index in [9.17, 15) is 23.2 Å². The first-order valence-electron chi connectivity index (χ1n) is 7.84. The predicted molar refractivity (Wildman–Crippen MR) is 92.9 cm³/mol. The SMILES string of the molecule is CCOc1cccc(/C=C(\C#N)C(=O)Nc2ccc(F)cc2)c1OC(F)F. The number of alkyl halides is 2. The maximum atomic E-state index is 12.9. The summed E-state index contributed by atoms with van der Waals surface area (Å²) in [7, 11) is 0. The molecule has 140 valence electrons. The normalized spacial score (nSPS) is 11.0. The number of nitrogens with zero attached hydrogens (tertiary/aromatic N) is 1. The summed E-state index contributed by atoms with van der Waals surface area (Å²) in [6.07, 6.45) is 1.11. The van der Waals surface area contributed by atoms with Gasteiger partial charge in [-0.05, 0) is 43.3 Å². The lowest BCUT2D eigenvalue weighted by Gasteiger charge is -2.14. The summed E-state index contributed by atoms with van der Waals surface area (Å²) in [6, 6.07) is 11.0. The lowest BCUT2D eigenvalue weighted by molar-refractivity contribution is -0.112. The Labute approximate surface area is 153 Å². The molecule has 0 saturated heterocycles. The van der Waals surface area contributed by atoms with Crippen LogP contribution in [0, 0.1) is 17.1 Å². The number of para-hydroxylation sites is 1. The molecule has 2 aromatic carbocycles. The van der Waals surface area contributed by atoms with Crippen molar-refractivity contribution in [2.75, 3.05) is 11.9 Å². The molecule has 0 aliphatic carbocycles. The zero-order valence-electron chi connectivity index (χ0n) is 14.2. The maximum Gasteiger partial charge on any atom is 0.387 e. The summed E-state index contributed by atoms with van der Waals surface area (Å²) in [6.45, 7) is -1.23. The van der Waals surface area contributed by atoms with E-state index in [0.717, 1.165) is 18.2 Å². The van der Waals surface area contributed by atoms with Gasteiger partial charge < -0.3 is 14.8 Å². The van der Waals surface area contributed by atoms with Crippen LogP contribution in [-0.4, -0.2) is 19.1 Å². The van der Waals surface area contributed by atoms with Gasteiger partial charge in [-0.2, -0.15) is 14.0 Å². The van der Waals surface area contributed by atoms with Crippen LogP contribution in [0.1, 0.15) is 12.5 Å². The highest BCUT2D eigenvalue weighted by Gasteiger charge is 2.17. The van der Waals surface area contributed by atoms with E-state index in [0.29, 0.717) is 0 Å². The number of amides is 1. The molecular weight excluding hydrogens is 361 g/mol. The van der Waals surface area contributed by atoms with Crippen LogP contribution in [0.3, 0.4) is 0 Å². The largest absolute Gasteiger partial charge is 0.490 e. The van der Waals surface area contributed by atoms with E-state index >= 15 is 0 Å². The zero-order valence-corrected chi connectivity index (χ0v) is 14.2. The Hall–Kier alpha value is -3.47. The van der Waals surface area contributed by atoms with Crippen LogP contribution < -0.4 is 14.8 Å². The van der Waals surface area contributed by atoms with Crippen molar-refractivity contribution < 1.29 is 27.4 Å². The summed E-state index contributed by atoms with van der Waals surface area (Å²) in [5.74, 6) is -1.49. The molecule has 5 nitrogen and oxygen atoms in total. The zero-order chi connectivity index (χ0) is 19.8. The molecule has 8 heteroatoms. The van der Waals surface area contributed by atoms with Gasteiger partial charge in [-0.15, -0.1) is 0 Å². The van der Waals surface area contributed by atoms with Gasteiger partial charge in [0.05, 0.1) is 6.61 Å². The second kappa shape index (κ2) is 9.29. The molecule has 1 N–H and O–H groups in total. The van der Waals surface area contributed by atoms with Crippen molar-refractivity contribution in [1.29, 1.82) is 5.26 Å². The van der Waals surface area contributed by atoms with Gasteiger partial charge >= 0.3 is 6.61 Å². The first-order valence-corrected chi connectivity index (χ1v) is 7.84. The van der Waals surface area contributed by atoms with Crippen LogP contribution in [0.2, 0.25) is 0 Å². The molecule has 0 unspecified atom stereocenters. The van der Waals surface area contributed by atoms with Gasteiger partial charge in [0.25, 0.3) is 5.91 Å². The molecule has 0 heterocycles. The van der Waals surface area contributed by atoms with E-state index < -0.39 is 18.3 Å². The third-order valence-electron chi connectivity index (χ3n) is 3.28. The molecule has 0 fully saturated rings. The molecule has 1 amide bonds. The van der Waals surface area contributed by atoms with Crippen molar-refractivity contribution in [2.45, 2.75) is 13.5 Å². The van der Waals surface area contributed by atoms with E-state index in [2.05, 4.69) is 10.1 Å². The number of nitrogens with one attached hydrogen (secondary N) is 1. The highest BCUT2D eigenvalue weighted by Crippen LogP contribution is 2.34.